The van der Waals surface area contributed by atoms with Gasteiger partial charge in [0, 0.05) is 25.0 Å². The number of hydrogen-bond acceptors (Lipinski definition) is 3. The van der Waals surface area contributed by atoms with Crippen molar-refractivity contribution in [1.82, 2.24) is 10.2 Å². The number of nitrogens with one attached hydrogen (secondary N) is 1. The van der Waals surface area contributed by atoms with Crippen molar-refractivity contribution < 1.29 is 4.74 Å². The first-order chi connectivity index (χ1) is 8.29. The molecule has 0 bridgehead atoms. The van der Waals surface area contributed by atoms with Crippen LogP contribution >= 0.6 is 0 Å². The van der Waals surface area contributed by atoms with Gasteiger partial charge in [0.2, 0.25) is 0 Å². The summed E-state index contributed by atoms with van der Waals surface area (Å²) in [6.45, 7) is 7.54. The molecule has 0 aromatic heterocycles. The van der Waals surface area contributed by atoms with E-state index in [1.165, 1.54) is 38.8 Å². The van der Waals surface area contributed by atoms with Gasteiger partial charge in [-0.25, -0.2) is 0 Å². The Hall–Kier alpha value is -0.120. The van der Waals surface area contributed by atoms with E-state index in [2.05, 4.69) is 24.2 Å². The average molecular weight is 240 g/mol. The van der Waals surface area contributed by atoms with Crippen LogP contribution in [0.5, 0.6) is 0 Å². The molecule has 2 unspecified atom stereocenters. The van der Waals surface area contributed by atoms with Gasteiger partial charge in [-0.1, -0.05) is 19.8 Å². The van der Waals surface area contributed by atoms with Gasteiger partial charge in [0.15, 0.2) is 0 Å². The quantitative estimate of drug-likeness (QED) is 0.765. The molecular weight excluding hydrogens is 212 g/mol. The number of hydrogen-bond donors (Lipinski definition) is 1. The lowest BCUT2D eigenvalue weighted by molar-refractivity contribution is 0.169. The molecule has 0 aromatic rings. The van der Waals surface area contributed by atoms with Crippen molar-refractivity contribution in [2.75, 3.05) is 39.9 Å². The molecule has 1 N–H and O–H groups in total. The summed E-state index contributed by atoms with van der Waals surface area (Å²) in [5, 5.41) is 3.54. The van der Waals surface area contributed by atoms with Crippen LogP contribution in [-0.2, 0) is 4.74 Å². The van der Waals surface area contributed by atoms with Crippen molar-refractivity contribution in [3.05, 3.63) is 0 Å². The third-order valence-corrected chi connectivity index (χ3v) is 4.26. The molecule has 2 atom stereocenters. The average Bonchev–Trinajstić information content (AvgIpc) is 2.92. The second kappa shape index (κ2) is 6.72. The second-order valence-electron chi connectivity index (χ2n) is 5.83. The topological polar surface area (TPSA) is 24.5 Å². The van der Waals surface area contributed by atoms with Gasteiger partial charge in [-0.05, 0) is 32.4 Å². The van der Waals surface area contributed by atoms with Crippen LogP contribution in [0.3, 0.4) is 0 Å². The monoisotopic (exact) mass is 240 g/mol. The molecule has 0 radical (unpaired) electrons. The smallest absolute Gasteiger partial charge is 0.0623 e. The van der Waals surface area contributed by atoms with Crippen molar-refractivity contribution in [2.45, 2.75) is 38.6 Å². The van der Waals surface area contributed by atoms with Gasteiger partial charge in [0.1, 0.15) is 0 Å². The van der Waals surface area contributed by atoms with E-state index in [1.54, 1.807) is 0 Å². The predicted molar refractivity (Wildman–Crippen MR) is 71.2 cm³/mol. The van der Waals surface area contributed by atoms with E-state index < -0.39 is 0 Å². The van der Waals surface area contributed by atoms with Gasteiger partial charge in [0.25, 0.3) is 0 Å². The number of likely N-dealkylation sites (N-methyl/N-ethyl adjacent to an activating group) is 1. The molecule has 3 heteroatoms. The van der Waals surface area contributed by atoms with Crippen LogP contribution in [0, 0.1) is 11.8 Å². The normalized spacial score (nSPS) is 30.5. The van der Waals surface area contributed by atoms with E-state index in [9.17, 15) is 0 Å². The van der Waals surface area contributed by atoms with Crippen LogP contribution < -0.4 is 5.32 Å². The van der Waals surface area contributed by atoms with Gasteiger partial charge < -0.3 is 15.0 Å². The number of ether oxygens (including phenoxy) is 1. The Kier molecular flexibility index (Phi) is 5.26. The maximum absolute atomic E-state index is 5.60. The Morgan fingerprint density at radius 1 is 1.18 bits per heavy atom. The van der Waals surface area contributed by atoms with Crippen molar-refractivity contribution in [1.29, 1.82) is 0 Å². The Balaban J connectivity index is 1.71. The SMILES string of the molecule is CCNC1COCC1CN(C)CC1CCCC1. The number of nitrogens with zero attached hydrogens (tertiary/aromatic N) is 1. The highest BCUT2D eigenvalue weighted by Gasteiger charge is 2.29. The second-order valence-corrected chi connectivity index (χ2v) is 5.83. The maximum Gasteiger partial charge on any atom is 0.0623 e. The first-order valence-corrected chi connectivity index (χ1v) is 7.29. The fourth-order valence-electron chi connectivity index (χ4n) is 3.37. The summed E-state index contributed by atoms with van der Waals surface area (Å²) in [7, 11) is 2.28. The summed E-state index contributed by atoms with van der Waals surface area (Å²) in [5.41, 5.74) is 0. The fourth-order valence-corrected chi connectivity index (χ4v) is 3.37. The van der Waals surface area contributed by atoms with E-state index in [4.69, 9.17) is 4.74 Å². The summed E-state index contributed by atoms with van der Waals surface area (Å²) in [4.78, 5) is 2.53. The summed E-state index contributed by atoms with van der Waals surface area (Å²) < 4.78 is 5.60. The summed E-state index contributed by atoms with van der Waals surface area (Å²) in [6, 6.07) is 0.575. The van der Waals surface area contributed by atoms with Gasteiger partial charge in [-0.3, -0.25) is 0 Å². The van der Waals surface area contributed by atoms with Gasteiger partial charge in [-0.2, -0.15) is 0 Å². The molecule has 0 spiro atoms. The molecule has 1 saturated heterocycles. The highest BCUT2D eigenvalue weighted by atomic mass is 16.5. The van der Waals surface area contributed by atoms with Gasteiger partial charge in [-0.15, -0.1) is 0 Å². The van der Waals surface area contributed by atoms with E-state index >= 15 is 0 Å². The highest BCUT2D eigenvalue weighted by Crippen LogP contribution is 2.25. The van der Waals surface area contributed by atoms with Crippen molar-refractivity contribution in [3.8, 4) is 0 Å². The molecule has 0 amide bonds. The molecule has 2 rings (SSSR count). The molecule has 1 aliphatic heterocycles. The third-order valence-electron chi connectivity index (χ3n) is 4.26. The summed E-state index contributed by atoms with van der Waals surface area (Å²) in [5.74, 6) is 1.64. The fraction of sp³-hybridized carbons (Fsp3) is 1.00. The third kappa shape index (κ3) is 3.94. The predicted octanol–water partition coefficient (Wildman–Crippen LogP) is 1.73. The van der Waals surface area contributed by atoms with Gasteiger partial charge >= 0.3 is 0 Å². The first-order valence-electron chi connectivity index (χ1n) is 7.29. The van der Waals surface area contributed by atoms with Crippen LogP contribution in [0.4, 0.5) is 0 Å². The molecule has 1 aliphatic carbocycles. The lowest BCUT2D eigenvalue weighted by Gasteiger charge is -2.26. The minimum atomic E-state index is 0.575. The van der Waals surface area contributed by atoms with Crippen LogP contribution in [0.15, 0.2) is 0 Å². The first kappa shape index (κ1) is 13.3. The lowest BCUT2D eigenvalue weighted by atomic mass is 10.0. The molecule has 2 fully saturated rings. The molecule has 17 heavy (non-hydrogen) atoms. The van der Waals surface area contributed by atoms with Crippen molar-refractivity contribution in [2.24, 2.45) is 11.8 Å². The Labute approximate surface area is 106 Å². The zero-order valence-electron chi connectivity index (χ0n) is 11.5. The summed E-state index contributed by atoms with van der Waals surface area (Å²) >= 11 is 0. The van der Waals surface area contributed by atoms with E-state index in [-0.39, 0.29) is 0 Å². The molecule has 1 saturated carbocycles. The zero-order valence-corrected chi connectivity index (χ0v) is 11.5. The van der Waals surface area contributed by atoms with Crippen molar-refractivity contribution in [3.63, 3.8) is 0 Å². The Morgan fingerprint density at radius 2 is 1.94 bits per heavy atom. The van der Waals surface area contributed by atoms with Crippen LogP contribution in [0.25, 0.3) is 0 Å². The molecule has 2 aliphatic rings. The standard InChI is InChI=1S/C14H28N2O/c1-3-15-14-11-17-10-13(14)9-16(2)8-12-6-4-5-7-12/h12-15H,3-11H2,1-2H3. The number of rotatable bonds is 6. The van der Waals surface area contributed by atoms with E-state index in [0.717, 1.165) is 25.7 Å². The zero-order chi connectivity index (χ0) is 12.1. The molecule has 0 aromatic carbocycles. The van der Waals surface area contributed by atoms with Crippen LogP contribution in [-0.4, -0.2) is 50.8 Å². The molecule has 1 heterocycles. The van der Waals surface area contributed by atoms with E-state index in [0.29, 0.717) is 12.0 Å². The van der Waals surface area contributed by atoms with Crippen LogP contribution in [0.1, 0.15) is 32.6 Å². The molecule has 100 valence electrons. The molecular formula is C14H28N2O. The maximum atomic E-state index is 5.60. The Morgan fingerprint density at radius 3 is 2.65 bits per heavy atom. The minimum Gasteiger partial charge on any atom is -0.379 e. The van der Waals surface area contributed by atoms with E-state index in [1.807, 2.05) is 0 Å². The van der Waals surface area contributed by atoms with Crippen LogP contribution in [0.2, 0.25) is 0 Å². The molecule has 3 nitrogen and oxygen atoms in total. The minimum absolute atomic E-state index is 0.575. The van der Waals surface area contributed by atoms with Crippen molar-refractivity contribution >= 4 is 0 Å². The highest BCUT2D eigenvalue weighted by molar-refractivity contribution is 4.83. The van der Waals surface area contributed by atoms with Gasteiger partial charge in [0.05, 0.1) is 13.2 Å². The largest absolute Gasteiger partial charge is 0.379 e. The lowest BCUT2D eigenvalue weighted by Crippen LogP contribution is -2.41. The summed E-state index contributed by atoms with van der Waals surface area (Å²) in [6.07, 6.45) is 5.79. The Bertz CT molecular complexity index is 216.